The van der Waals surface area contributed by atoms with E-state index in [4.69, 9.17) is 14.2 Å². The molecule has 5 aromatic rings. The molecular weight excluding hydrogens is 717 g/mol. The number of nitrogens with zero attached hydrogens (tertiary/aromatic N) is 3. The maximum atomic E-state index is 14.4. The van der Waals surface area contributed by atoms with Gasteiger partial charge in [-0.15, -0.1) is 5.10 Å². The fourth-order valence-corrected chi connectivity index (χ4v) is 7.02. The molecule has 0 spiro atoms. The molecule has 0 saturated heterocycles. The van der Waals surface area contributed by atoms with Crippen molar-refractivity contribution >= 4 is 34.4 Å². The number of Topliss-reactive ketones (excluding diaryl/α,β-unsaturated/α-hetero) is 1. The third-order valence-corrected chi connectivity index (χ3v) is 10.3. The van der Waals surface area contributed by atoms with Gasteiger partial charge in [0, 0.05) is 24.4 Å². The van der Waals surface area contributed by atoms with E-state index in [0.717, 1.165) is 24.8 Å². The molecule has 0 fully saturated rings. The van der Waals surface area contributed by atoms with Gasteiger partial charge in [0.2, 0.25) is 5.91 Å². The van der Waals surface area contributed by atoms with Crippen LogP contribution in [0.4, 0.5) is 5.69 Å². The molecule has 0 aliphatic heterocycles. The fourth-order valence-electron chi connectivity index (χ4n) is 7.02. The molecular formula is C47H58N4O6. The van der Waals surface area contributed by atoms with Crippen molar-refractivity contribution in [3.63, 3.8) is 0 Å². The number of anilines is 1. The largest absolute Gasteiger partial charge is 0.489 e. The SMILES string of the molecule is CCCCCCCCCC(CCC(OC)C(C(=O)c1ccccc1)n1nnc2cc(OCc3ccc(C(C)C)cc3)ccc21)OC(=O)CC(=O)Nc1ccccc1. The van der Waals surface area contributed by atoms with E-state index in [-0.39, 0.29) is 5.78 Å². The number of ether oxygens (including phenoxy) is 3. The Balaban J connectivity index is 1.31. The minimum atomic E-state index is -0.861. The standard InChI is InChI=1S/C47H58N4O6/c1-5-6-7-8-9-10-17-22-39(57-45(53)32-44(52)48-38-20-15-12-16-21-38)28-30-43(55-4)46(47(54)37-18-13-11-14-19-37)51-42-29-27-40(31-41(42)49-50-51)56-33-35-23-25-36(26-24-35)34(2)3/h11-16,18-21,23-27,29,31,34,39,43,46H,5-10,17,22,28,30,32-33H2,1-4H3,(H,48,52). The molecule has 0 radical (unpaired) electrons. The lowest BCUT2D eigenvalue weighted by atomic mass is 9.94. The van der Waals surface area contributed by atoms with Crippen molar-refractivity contribution in [2.24, 2.45) is 0 Å². The second kappa shape index (κ2) is 22.4. The van der Waals surface area contributed by atoms with Crippen LogP contribution in [-0.2, 0) is 25.7 Å². The Hall–Kier alpha value is -5.35. The van der Waals surface area contributed by atoms with Gasteiger partial charge in [-0.25, -0.2) is 4.68 Å². The Morgan fingerprint density at radius 1 is 0.772 bits per heavy atom. The van der Waals surface area contributed by atoms with Crippen molar-refractivity contribution in [1.29, 1.82) is 0 Å². The highest BCUT2D eigenvalue weighted by Crippen LogP contribution is 2.30. The van der Waals surface area contributed by atoms with E-state index in [1.54, 1.807) is 36.1 Å². The van der Waals surface area contributed by atoms with Crippen LogP contribution in [0.25, 0.3) is 11.0 Å². The first-order valence-electron chi connectivity index (χ1n) is 20.5. The van der Waals surface area contributed by atoms with Gasteiger partial charge in [-0.3, -0.25) is 14.4 Å². The van der Waals surface area contributed by atoms with Crippen molar-refractivity contribution in [3.05, 3.63) is 120 Å². The monoisotopic (exact) mass is 774 g/mol. The van der Waals surface area contributed by atoms with Crippen molar-refractivity contribution < 1.29 is 28.6 Å². The number of nitrogens with one attached hydrogen (secondary N) is 1. The Kier molecular flexibility index (Phi) is 16.8. The third kappa shape index (κ3) is 13.1. The van der Waals surface area contributed by atoms with Crippen LogP contribution in [0.2, 0.25) is 0 Å². The van der Waals surface area contributed by atoms with Gasteiger partial charge < -0.3 is 19.5 Å². The number of unbranched alkanes of at least 4 members (excludes halogenated alkanes) is 6. The van der Waals surface area contributed by atoms with E-state index in [1.165, 1.54) is 31.2 Å². The minimum absolute atomic E-state index is 0.169. The molecule has 1 N–H and O–H groups in total. The molecule has 10 heteroatoms. The van der Waals surface area contributed by atoms with E-state index in [0.29, 0.717) is 59.8 Å². The van der Waals surface area contributed by atoms with E-state index in [1.807, 2.05) is 54.6 Å². The fraction of sp³-hybridized carbons (Fsp3) is 0.426. The lowest BCUT2D eigenvalue weighted by Gasteiger charge is -2.27. The first-order valence-corrected chi connectivity index (χ1v) is 20.5. The minimum Gasteiger partial charge on any atom is -0.489 e. The van der Waals surface area contributed by atoms with E-state index >= 15 is 0 Å². The zero-order chi connectivity index (χ0) is 40.4. The maximum absolute atomic E-state index is 14.4. The number of aromatic nitrogens is 3. The number of amides is 1. The molecule has 1 amide bonds. The zero-order valence-corrected chi connectivity index (χ0v) is 33.9. The lowest BCUT2D eigenvalue weighted by Crippen LogP contribution is -2.35. The highest BCUT2D eigenvalue weighted by atomic mass is 16.5. The van der Waals surface area contributed by atoms with Crippen LogP contribution in [-0.4, -0.2) is 52.0 Å². The topological polar surface area (TPSA) is 122 Å². The molecule has 0 bridgehead atoms. The Morgan fingerprint density at radius 3 is 2.14 bits per heavy atom. The molecule has 3 atom stereocenters. The number of ketones is 1. The third-order valence-electron chi connectivity index (χ3n) is 10.3. The summed E-state index contributed by atoms with van der Waals surface area (Å²) < 4.78 is 19.8. The number of rotatable bonds is 24. The van der Waals surface area contributed by atoms with Crippen LogP contribution < -0.4 is 10.1 Å². The number of benzene rings is 4. The lowest BCUT2D eigenvalue weighted by molar-refractivity contribution is -0.151. The van der Waals surface area contributed by atoms with Crippen LogP contribution in [0.3, 0.4) is 0 Å². The summed E-state index contributed by atoms with van der Waals surface area (Å²) in [5.41, 5.74) is 4.72. The van der Waals surface area contributed by atoms with Gasteiger partial charge in [0.1, 0.15) is 36.4 Å². The van der Waals surface area contributed by atoms with Crippen LogP contribution in [0, 0.1) is 0 Å². The number of hydrogen-bond acceptors (Lipinski definition) is 8. The predicted molar refractivity (Wildman–Crippen MR) is 224 cm³/mol. The molecule has 57 heavy (non-hydrogen) atoms. The first kappa shape index (κ1) is 42.8. The summed E-state index contributed by atoms with van der Waals surface area (Å²) in [7, 11) is 1.58. The van der Waals surface area contributed by atoms with E-state index < -0.39 is 36.5 Å². The van der Waals surface area contributed by atoms with Gasteiger partial charge in [-0.05, 0) is 67.0 Å². The number of para-hydroxylation sites is 1. The summed E-state index contributed by atoms with van der Waals surface area (Å²) in [5.74, 6) is -0.0905. The number of methoxy groups -OCH3 is 1. The Bertz CT molecular complexity index is 1980. The zero-order valence-electron chi connectivity index (χ0n) is 33.9. The highest BCUT2D eigenvalue weighted by Gasteiger charge is 2.34. The molecule has 5 rings (SSSR count). The Labute approximate surface area is 337 Å². The van der Waals surface area contributed by atoms with Crippen molar-refractivity contribution in [2.45, 2.75) is 122 Å². The summed E-state index contributed by atoms with van der Waals surface area (Å²) in [6.45, 7) is 6.95. The van der Waals surface area contributed by atoms with Crippen LogP contribution in [0.1, 0.15) is 125 Å². The average Bonchev–Trinajstić information content (AvgIpc) is 3.64. The molecule has 302 valence electrons. The molecule has 1 aromatic heterocycles. The number of esters is 1. The van der Waals surface area contributed by atoms with Gasteiger partial charge in [-0.2, -0.15) is 0 Å². The number of carbonyl (C=O) groups is 3. The summed E-state index contributed by atoms with van der Waals surface area (Å²) in [6, 6.07) is 31.2. The number of hydrogen-bond donors (Lipinski definition) is 1. The number of fused-ring (bicyclic) bond motifs is 1. The molecule has 10 nitrogen and oxygen atoms in total. The van der Waals surface area contributed by atoms with Crippen molar-refractivity contribution in [1.82, 2.24) is 15.0 Å². The maximum Gasteiger partial charge on any atom is 0.315 e. The second-order valence-corrected chi connectivity index (χ2v) is 15.0. The normalized spacial score (nSPS) is 12.9. The van der Waals surface area contributed by atoms with Crippen molar-refractivity contribution in [2.75, 3.05) is 12.4 Å². The van der Waals surface area contributed by atoms with E-state index in [9.17, 15) is 14.4 Å². The number of carbonyl (C=O) groups excluding carboxylic acids is 3. The van der Waals surface area contributed by atoms with E-state index in [2.05, 4.69) is 60.7 Å². The quantitative estimate of drug-likeness (QED) is 0.0285. The molecule has 0 aliphatic carbocycles. The van der Waals surface area contributed by atoms with Gasteiger partial charge in [0.25, 0.3) is 0 Å². The summed E-state index contributed by atoms with van der Waals surface area (Å²) in [5, 5.41) is 11.7. The summed E-state index contributed by atoms with van der Waals surface area (Å²) in [4.78, 5) is 40.2. The average molecular weight is 775 g/mol. The summed E-state index contributed by atoms with van der Waals surface area (Å²) >= 11 is 0. The molecule has 4 aromatic carbocycles. The van der Waals surface area contributed by atoms with Crippen molar-refractivity contribution in [3.8, 4) is 5.75 Å². The highest BCUT2D eigenvalue weighted by molar-refractivity contribution is 6.02. The van der Waals surface area contributed by atoms with Gasteiger partial charge in [0.15, 0.2) is 5.78 Å². The van der Waals surface area contributed by atoms with Crippen LogP contribution in [0.15, 0.2) is 103 Å². The first-order chi connectivity index (χ1) is 27.7. The molecule has 0 aliphatic rings. The van der Waals surface area contributed by atoms with Gasteiger partial charge in [-0.1, -0.05) is 137 Å². The molecule has 1 heterocycles. The smallest absolute Gasteiger partial charge is 0.315 e. The second-order valence-electron chi connectivity index (χ2n) is 15.0. The van der Waals surface area contributed by atoms with Crippen LogP contribution >= 0.6 is 0 Å². The molecule has 0 saturated carbocycles. The Morgan fingerprint density at radius 2 is 1.46 bits per heavy atom. The summed E-state index contributed by atoms with van der Waals surface area (Å²) in [6.07, 6.45) is 7.82. The van der Waals surface area contributed by atoms with Crippen LogP contribution in [0.5, 0.6) is 5.75 Å². The van der Waals surface area contributed by atoms with Gasteiger partial charge >= 0.3 is 5.97 Å². The predicted octanol–water partition coefficient (Wildman–Crippen LogP) is 10.4. The molecule has 3 unspecified atom stereocenters. The van der Waals surface area contributed by atoms with Gasteiger partial charge in [0.05, 0.1) is 11.6 Å².